The normalized spacial score (nSPS) is 22.0. The van der Waals surface area contributed by atoms with Crippen molar-refractivity contribution in [1.82, 2.24) is 0 Å². The summed E-state index contributed by atoms with van der Waals surface area (Å²) in [6.45, 7) is 13.1. The van der Waals surface area contributed by atoms with Gasteiger partial charge in [-0.1, -0.05) is 86.7 Å². The molecule has 2 unspecified atom stereocenters. The standard InChI is InChI=1S/C22H29B/c1-6-9-10-11-12-14-20-15-13-16-22(18-17-19(20)4)23(5)21(7-2)8-3/h6-7,9-12,14-16,19,21H,2,8,13H2,1,3-5H3/b9-6-,11-10-,14-12+,20-15-,22-16?. The predicted octanol–water partition coefficient (Wildman–Crippen LogP) is 6.20. The Morgan fingerprint density at radius 1 is 1.30 bits per heavy atom. The Balaban J connectivity index is 2.86. The molecule has 0 aromatic rings. The number of hydrogen-bond acceptors (Lipinski definition) is 0. The van der Waals surface area contributed by atoms with Crippen LogP contribution < -0.4 is 0 Å². The van der Waals surface area contributed by atoms with Gasteiger partial charge in [-0.15, -0.1) is 6.58 Å². The third kappa shape index (κ3) is 6.37. The van der Waals surface area contributed by atoms with Crippen LogP contribution in [0, 0.1) is 17.8 Å². The Morgan fingerprint density at radius 2 is 2.04 bits per heavy atom. The minimum absolute atomic E-state index is 0.265. The molecule has 0 amide bonds. The zero-order valence-electron chi connectivity index (χ0n) is 15.0. The van der Waals surface area contributed by atoms with Gasteiger partial charge in [0, 0.05) is 5.92 Å². The molecule has 23 heavy (non-hydrogen) atoms. The fourth-order valence-corrected chi connectivity index (χ4v) is 2.70. The molecular formula is C22H29B. The summed E-state index contributed by atoms with van der Waals surface area (Å²) in [5, 5.41) is 0. The van der Waals surface area contributed by atoms with Crippen LogP contribution in [0.1, 0.15) is 33.6 Å². The summed E-state index contributed by atoms with van der Waals surface area (Å²) in [6.07, 6.45) is 21.1. The maximum atomic E-state index is 3.96. The number of rotatable bonds is 7. The Bertz CT molecular complexity index is 587. The van der Waals surface area contributed by atoms with Gasteiger partial charge in [-0.25, -0.2) is 0 Å². The van der Waals surface area contributed by atoms with Crippen LogP contribution in [0.5, 0.6) is 0 Å². The van der Waals surface area contributed by atoms with E-state index in [0.717, 1.165) is 12.8 Å². The van der Waals surface area contributed by atoms with Crippen LogP contribution in [0.3, 0.4) is 0 Å². The summed E-state index contributed by atoms with van der Waals surface area (Å²) in [5.74, 6) is 7.60. The summed E-state index contributed by atoms with van der Waals surface area (Å²) in [4.78, 5) is 0. The summed E-state index contributed by atoms with van der Waals surface area (Å²) in [7, 11) is 0. The lowest BCUT2D eigenvalue weighted by Crippen LogP contribution is -2.18. The quantitative estimate of drug-likeness (QED) is 0.227. The molecule has 1 aliphatic carbocycles. The lowest BCUT2D eigenvalue weighted by atomic mass is 9.37. The molecule has 0 fully saturated rings. The maximum absolute atomic E-state index is 3.96. The van der Waals surface area contributed by atoms with E-state index in [-0.39, 0.29) is 5.92 Å². The highest BCUT2D eigenvalue weighted by atomic mass is 14.1. The van der Waals surface area contributed by atoms with Gasteiger partial charge in [0.15, 0.2) is 6.71 Å². The summed E-state index contributed by atoms with van der Waals surface area (Å²) in [5.41, 5.74) is 2.55. The van der Waals surface area contributed by atoms with Crippen molar-refractivity contribution in [3.63, 3.8) is 0 Å². The first kappa shape index (κ1) is 19.1. The molecule has 1 aliphatic rings. The summed E-state index contributed by atoms with van der Waals surface area (Å²) >= 11 is 0. The summed E-state index contributed by atoms with van der Waals surface area (Å²) < 4.78 is 0. The van der Waals surface area contributed by atoms with Gasteiger partial charge in [-0.05, 0) is 37.1 Å². The average molecular weight is 304 g/mol. The smallest absolute Gasteiger partial charge is 0.103 e. The minimum atomic E-state index is 0.265. The molecule has 1 rings (SSSR count). The van der Waals surface area contributed by atoms with E-state index >= 15 is 0 Å². The van der Waals surface area contributed by atoms with E-state index < -0.39 is 0 Å². The van der Waals surface area contributed by atoms with E-state index in [1.807, 2.05) is 25.2 Å². The van der Waals surface area contributed by atoms with Crippen LogP contribution in [0.15, 0.2) is 72.3 Å². The van der Waals surface area contributed by atoms with E-state index in [1.54, 1.807) is 0 Å². The Hall–Kier alpha value is -1.94. The fraction of sp³-hybridized carbons (Fsp3) is 0.364. The van der Waals surface area contributed by atoms with Crippen molar-refractivity contribution in [2.24, 2.45) is 5.92 Å². The van der Waals surface area contributed by atoms with Crippen LogP contribution in [0.2, 0.25) is 12.6 Å². The highest BCUT2D eigenvalue weighted by Gasteiger charge is 2.20. The lowest BCUT2D eigenvalue weighted by molar-refractivity contribution is 0.915. The van der Waals surface area contributed by atoms with Gasteiger partial charge in [0.25, 0.3) is 0 Å². The molecule has 0 bridgehead atoms. The van der Waals surface area contributed by atoms with Gasteiger partial charge in [0.2, 0.25) is 0 Å². The molecule has 120 valence electrons. The monoisotopic (exact) mass is 304 g/mol. The van der Waals surface area contributed by atoms with Crippen molar-refractivity contribution in [3.05, 3.63) is 72.3 Å². The van der Waals surface area contributed by atoms with Crippen molar-refractivity contribution >= 4 is 6.71 Å². The zero-order chi connectivity index (χ0) is 17.1. The molecule has 0 radical (unpaired) electrons. The van der Waals surface area contributed by atoms with E-state index in [0.29, 0.717) is 12.5 Å². The van der Waals surface area contributed by atoms with E-state index in [2.05, 4.69) is 75.5 Å². The van der Waals surface area contributed by atoms with Crippen LogP contribution in [-0.2, 0) is 0 Å². The van der Waals surface area contributed by atoms with Crippen LogP contribution >= 0.6 is 0 Å². The largest absolute Gasteiger partial charge is 0.190 e. The van der Waals surface area contributed by atoms with Crippen LogP contribution in [0.4, 0.5) is 0 Å². The number of allylic oxidation sites excluding steroid dienone is 11. The van der Waals surface area contributed by atoms with Crippen molar-refractivity contribution in [2.75, 3.05) is 0 Å². The van der Waals surface area contributed by atoms with Crippen molar-refractivity contribution < 1.29 is 0 Å². The van der Waals surface area contributed by atoms with Gasteiger partial charge in [0.05, 0.1) is 0 Å². The van der Waals surface area contributed by atoms with Gasteiger partial charge in [-0.2, -0.15) is 0 Å². The average Bonchev–Trinajstić information content (AvgIpc) is 2.54. The second kappa shape index (κ2) is 10.7. The molecule has 0 heterocycles. The van der Waals surface area contributed by atoms with Crippen LogP contribution in [0.25, 0.3) is 0 Å². The molecule has 0 saturated carbocycles. The Morgan fingerprint density at radius 3 is 2.70 bits per heavy atom. The van der Waals surface area contributed by atoms with E-state index in [1.165, 1.54) is 11.0 Å². The molecule has 0 spiro atoms. The SMILES string of the molecule is C=CC(CC)B(C)C1=CC/C=C(/C=C/C=C\C=C/C)C(C)C#C1. The van der Waals surface area contributed by atoms with Gasteiger partial charge in [-0.3, -0.25) is 0 Å². The molecule has 0 aliphatic heterocycles. The van der Waals surface area contributed by atoms with E-state index in [4.69, 9.17) is 0 Å². The van der Waals surface area contributed by atoms with Gasteiger partial charge in [0.1, 0.15) is 0 Å². The Labute approximate surface area is 143 Å². The van der Waals surface area contributed by atoms with E-state index in [9.17, 15) is 0 Å². The molecule has 0 nitrogen and oxygen atoms in total. The molecule has 0 saturated heterocycles. The van der Waals surface area contributed by atoms with Crippen molar-refractivity contribution in [3.8, 4) is 11.8 Å². The topological polar surface area (TPSA) is 0 Å². The maximum Gasteiger partial charge on any atom is 0.190 e. The third-order valence-corrected chi connectivity index (χ3v) is 4.35. The number of hydrogen-bond donors (Lipinski definition) is 0. The molecule has 1 heteroatoms. The first-order valence-corrected chi connectivity index (χ1v) is 8.64. The first-order valence-electron chi connectivity index (χ1n) is 8.64. The summed E-state index contributed by atoms with van der Waals surface area (Å²) in [6, 6.07) is 0. The lowest BCUT2D eigenvalue weighted by Gasteiger charge is -2.17. The predicted molar refractivity (Wildman–Crippen MR) is 107 cm³/mol. The second-order valence-corrected chi connectivity index (χ2v) is 5.96. The minimum Gasteiger partial charge on any atom is -0.103 e. The first-order chi connectivity index (χ1) is 11.1. The second-order valence-electron chi connectivity index (χ2n) is 5.96. The molecule has 0 N–H and O–H groups in total. The Kier molecular flexibility index (Phi) is 8.92. The van der Waals surface area contributed by atoms with Crippen LogP contribution in [-0.4, -0.2) is 6.71 Å². The van der Waals surface area contributed by atoms with Gasteiger partial charge >= 0.3 is 0 Å². The molecule has 0 aromatic heterocycles. The zero-order valence-corrected chi connectivity index (χ0v) is 15.0. The molecule has 0 aromatic carbocycles. The highest BCUT2D eigenvalue weighted by Crippen LogP contribution is 2.23. The molecular weight excluding hydrogens is 275 g/mol. The van der Waals surface area contributed by atoms with Crippen molar-refractivity contribution in [1.29, 1.82) is 0 Å². The molecule has 2 atom stereocenters. The highest BCUT2D eigenvalue weighted by molar-refractivity contribution is 6.68. The third-order valence-electron chi connectivity index (χ3n) is 4.35. The van der Waals surface area contributed by atoms with Gasteiger partial charge < -0.3 is 0 Å². The fourth-order valence-electron chi connectivity index (χ4n) is 2.70. The van der Waals surface area contributed by atoms with Crippen molar-refractivity contribution in [2.45, 2.75) is 46.3 Å².